The lowest BCUT2D eigenvalue weighted by Crippen LogP contribution is -2.36. The van der Waals surface area contributed by atoms with Crippen LogP contribution in [-0.4, -0.2) is 5.91 Å². The van der Waals surface area contributed by atoms with Crippen molar-refractivity contribution in [2.45, 2.75) is 33.3 Å². The second kappa shape index (κ2) is 9.52. The van der Waals surface area contributed by atoms with Crippen LogP contribution in [-0.2, 0) is 6.61 Å². The van der Waals surface area contributed by atoms with Crippen LogP contribution >= 0.6 is 0 Å². The molecule has 2 N–H and O–H groups in total. The lowest BCUT2D eigenvalue weighted by Gasteiger charge is -2.12. The Morgan fingerprint density at radius 3 is 2.36 bits per heavy atom. The molecule has 0 aromatic heterocycles. The number of carbonyl (C=O) groups excluding carboxylic acids is 1. The fourth-order valence-corrected chi connectivity index (χ4v) is 2.18. The normalized spacial score (nSPS) is 10.4. The number of ether oxygens (including phenoxy) is 1. The van der Waals surface area contributed by atoms with Gasteiger partial charge in [-0.05, 0) is 48.6 Å². The van der Waals surface area contributed by atoms with E-state index in [-0.39, 0.29) is 5.91 Å². The second-order valence-electron chi connectivity index (χ2n) is 6.41. The SMILES string of the molecule is C=C(CCC(C)C)NNC(=O)c1ccc(COc2ccccc2)cc1. The first kappa shape index (κ1) is 18.6. The second-order valence-corrected chi connectivity index (χ2v) is 6.41. The molecule has 25 heavy (non-hydrogen) atoms. The molecule has 0 heterocycles. The highest BCUT2D eigenvalue weighted by Crippen LogP contribution is 2.12. The van der Waals surface area contributed by atoms with E-state index >= 15 is 0 Å². The Morgan fingerprint density at radius 1 is 1.04 bits per heavy atom. The predicted octanol–water partition coefficient (Wildman–Crippen LogP) is 4.45. The van der Waals surface area contributed by atoms with Crippen molar-refractivity contribution in [3.8, 4) is 5.75 Å². The van der Waals surface area contributed by atoms with Crippen molar-refractivity contribution in [2.75, 3.05) is 0 Å². The fraction of sp³-hybridized carbons (Fsp3) is 0.286. The molecular weight excluding hydrogens is 312 g/mol. The predicted molar refractivity (Wildman–Crippen MR) is 101 cm³/mol. The minimum atomic E-state index is -0.179. The van der Waals surface area contributed by atoms with Crippen LogP contribution in [0.2, 0.25) is 0 Å². The molecule has 1 amide bonds. The van der Waals surface area contributed by atoms with Gasteiger partial charge < -0.3 is 10.2 Å². The van der Waals surface area contributed by atoms with Gasteiger partial charge in [0.25, 0.3) is 5.91 Å². The maximum absolute atomic E-state index is 12.1. The van der Waals surface area contributed by atoms with Gasteiger partial charge in [-0.3, -0.25) is 10.2 Å². The van der Waals surface area contributed by atoms with Gasteiger partial charge in [-0.25, -0.2) is 0 Å². The molecular formula is C21H26N2O2. The van der Waals surface area contributed by atoms with Crippen molar-refractivity contribution in [3.63, 3.8) is 0 Å². The molecule has 0 fully saturated rings. The summed E-state index contributed by atoms with van der Waals surface area (Å²) in [6, 6.07) is 17.0. The number of allylic oxidation sites excluding steroid dienone is 1. The molecule has 2 aromatic rings. The van der Waals surface area contributed by atoms with E-state index in [1.807, 2.05) is 42.5 Å². The van der Waals surface area contributed by atoms with E-state index in [0.29, 0.717) is 18.1 Å². The van der Waals surface area contributed by atoms with Crippen molar-refractivity contribution in [1.82, 2.24) is 10.9 Å². The highest BCUT2D eigenvalue weighted by atomic mass is 16.5. The fourth-order valence-electron chi connectivity index (χ4n) is 2.18. The van der Waals surface area contributed by atoms with Gasteiger partial charge in [0.2, 0.25) is 0 Å². The lowest BCUT2D eigenvalue weighted by molar-refractivity contribution is 0.0938. The molecule has 2 rings (SSSR count). The molecule has 4 nitrogen and oxygen atoms in total. The molecule has 0 aliphatic heterocycles. The van der Waals surface area contributed by atoms with Gasteiger partial charge in [0.05, 0.1) is 0 Å². The molecule has 2 aromatic carbocycles. The van der Waals surface area contributed by atoms with E-state index in [9.17, 15) is 4.79 Å². The summed E-state index contributed by atoms with van der Waals surface area (Å²) in [5.41, 5.74) is 7.97. The topological polar surface area (TPSA) is 50.4 Å². The summed E-state index contributed by atoms with van der Waals surface area (Å²) < 4.78 is 5.69. The van der Waals surface area contributed by atoms with E-state index in [1.165, 1.54) is 0 Å². The van der Waals surface area contributed by atoms with E-state index in [4.69, 9.17) is 4.74 Å². The quantitative estimate of drug-likeness (QED) is 0.664. The van der Waals surface area contributed by atoms with Crippen LogP contribution in [0.1, 0.15) is 42.6 Å². The van der Waals surface area contributed by atoms with Crippen LogP contribution in [0.3, 0.4) is 0 Å². The summed E-state index contributed by atoms with van der Waals surface area (Å²) in [6.45, 7) is 8.71. The molecule has 0 saturated heterocycles. The van der Waals surface area contributed by atoms with Gasteiger partial charge in [0.1, 0.15) is 12.4 Å². The zero-order valence-electron chi connectivity index (χ0n) is 14.9. The molecule has 0 spiro atoms. The zero-order chi connectivity index (χ0) is 18.1. The number of para-hydroxylation sites is 1. The third-order valence-electron chi connectivity index (χ3n) is 3.74. The van der Waals surface area contributed by atoms with Crippen molar-refractivity contribution in [1.29, 1.82) is 0 Å². The van der Waals surface area contributed by atoms with Gasteiger partial charge in [-0.1, -0.05) is 50.8 Å². The van der Waals surface area contributed by atoms with E-state index in [0.717, 1.165) is 29.9 Å². The van der Waals surface area contributed by atoms with Crippen molar-refractivity contribution in [2.24, 2.45) is 5.92 Å². The maximum atomic E-state index is 12.1. The van der Waals surface area contributed by atoms with Crippen molar-refractivity contribution in [3.05, 3.63) is 78.0 Å². The Labute approximate surface area is 149 Å². The highest BCUT2D eigenvalue weighted by molar-refractivity contribution is 5.93. The highest BCUT2D eigenvalue weighted by Gasteiger charge is 2.06. The Hall–Kier alpha value is -2.75. The van der Waals surface area contributed by atoms with E-state index < -0.39 is 0 Å². The number of rotatable bonds is 9. The number of amides is 1. The average Bonchev–Trinajstić information content (AvgIpc) is 2.64. The van der Waals surface area contributed by atoms with Crippen LogP contribution in [0.4, 0.5) is 0 Å². The minimum absolute atomic E-state index is 0.179. The Kier molecular flexibility index (Phi) is 7.08. The van der Waals surface area contributed by atoms with Crippen molar-refractivity contribution < 1.29 is 9.53 Å². The van der Waals surface area contributed by atoms with Crippen LogP contribution in [0, 0.1) is 5.92 Å². The summed E-state index contributed by atoms with van der Waals surface area (Å²) >= 11 is 0. The number of carbonyl (C=O) groups is 1. The lowest BCUT2D eigenvalue weighted by atomic mass is 10.1. The van der Waals surface area contributed by atoms with Crippen molar-refractivity contribution >= 4 is 5.91 Å². The summed E-state index contributed by atoms with van der Waals surface area (Å²) in [5, 5.41) is 0. The molecule has 0 atom stereocenters. The first-order valence-electron chi connectivity index (χ1n) is 8.55. The molecule has 132 valence electrons. The Bertz CT molecular complexity index is 679. The summed E-state index contributed by atoms with van der Waals surface area (Å²) in [5.74, 6) is 1.26. The van der Waals surface area contributed by atoms with Crippen LogP contribution in [0.25, 0.3) is 0 Å². The molecule has 0 aliphatic carbocycles. The summed E-state index contributed by atoms with van der Waals surface area (Å²) in [6.07, 6.45) is 1.88. The van der Waals surface area contributed by atoms with Crippen LogP contribution < -0.4 is 15.6 Å². The van der Waals surface area contributed by atoms with Crippen LogP contribution in [0.15, 0.2) is 66.9 Å². The van der Waals surface area contributed by atoms with E-state index in [2.05, 4.69) is 31.3 Å². The first-order chi connectivity index (χ1) is 12.0. The maximum Gasteiger partial charge on any atom is 0.269 e. The smallest absolute Gasteiger partial charge is 0.269 e. The molecule has 0 aliphatic rings. The third kappa shape index (κ3) is 6.71. The number of hydrazine groups is 1. The number of benzene rings is 2. The van der Waals surface area contributed by atoms with Gasteiger partial charge >= 0.3 is 0 Å². The average molecular weight is 338 g/mol. The zero-order valence-corrected chi connectivity index (χ0v) is 14.9. The minimum Gasteiger partial charge on any atom is -0.489 e. The number of nitrogens with one attached hydrogen (secondary N) is 2. The standard InChI is InChI=1S/C21H26N2O2/c1-16(2)9-10-17(3)22-23-21(24)19-13-11-18(12-14-19)15-25-20-7-5-4-6-8-20/h4-8,11-14,16,22H,3,9-10,15H2,1-2H3,(H,23,24). The molecule has 0 unspecified atom stereocenters. The first-order valence-corrected chi connectivity index (χ1v) is 8.55. The Morgan fingerprint density at radius 2 is 1.72 bits per heavy atom. The largest absolute Gasteiger partial charge is 0.489 e. The molecule has 4 heteroatoms. The third-order valence-corrected chi connectivity index (χ3v) is 3.74. The van der Waals surface area contributed by atoms with Gasteiger partial charge in [-0.15, -0.1) is 0 Å². The van der Waals surface area contributed by atoms with Crippen LogP contribution in [0.5, 0.6) is 5.75 Å². The molecule has 0 radical (unpaired) electrons. The van der Waals surface area contributed by atoms with Gasteiger partial charge in [0, 0.05) is 11.3 Å². The number of hydrogen-bond donors (Lipinski definition) is 2. The van der Waals surface area contributed by atoms with E-state index in [1.54, 1.807) is 12.1 Å². The summed E-state index contributed by atoms with van der Waals surface area (Å²) in [7, 11) is 0. The number of hydrogen-bond acceptors (Lipinski definition) is 3. The van der Waals surface area contributed by atoms with Gasteiger partial charge in [0.15, 0.2) is 0 Å². The molecule has 0 bridgehead atoms. The van der Waals surface area contributed by atoms with Gasteiger partial charge in [-0.2, -0.15) is 0 Å². The summed E-state index contributed by atoms with van der Waals surface area (Å²) in [4.78, 5) is 12.1. The Balaban J connectivity index is 1.78. The molecule has 0 saturated carbocycles. The monoisotopic (exact) mass is 338 g/mol.